The molecule has 3 saturated heterocycles. The van der Waals surface area contributed by atoms with Crippen molar-refractivity contribution in [2.75, 3.05) is 50.3 Å². The number of carbonyl (C=O) groups is 3. The average Bonchev–Trinajstić information content (AvgIpc) is 3.50. The third-order valence-corrected chi connectivity index (χ3v) is 11.1. The number of likely N-dealkylation sites (tertiary alicyclic amines) is 3. The number of hydrogen-bond acceptors (Lipinski definition) is 6. The summed E-state index contributed by atoms with van der Waals surface area (Å²) in [5.74, 6) is -0.0486. The minimum absolute atomic E-state index is 0.0486. The lowest BCUT2D eigenvalue weighted by Crippen LogP contribution is -2.57. The number of aryl methyl sites for hydroxylation is 1. The van der Waals surface area contributed by atoms with Crippen molar-refractivity contribution in [3.63, 3.8) is 0 Å². The smallest absolute Gasteiger partial charge is 0.323 e. The van der Waals surface area contributed by atoms with Gasteiger partial charge >= 0.3 is 12.1 Å². The SMILES string of the molecule is Cc1cc(C[C@@H](NC(=O)N2CCC(N3Cc4ccsc4NC3=O)CC2)C(=O)N2CCC(N3CCCCC3)CC2)cc(Cl)c1N. The Morgan fingerprint density at radius 2 is 1.70 bits per heavy atom. The Kier molecular flexibility index (Phi) is 9.53. The second-order valence-electron chi connectivity index (χ2n) is 12.7. The van der Waals surface area contributed by atoms with E-state index < -0.39 is 6.04 Å². The van der Waals surface area contributed by atoms with E-state index in [4.69, 9.17) is 17.3 Å². The van der Waals surface area contributed by atoms with Gasteiger partial charge < -0.3 is 30.7 Å². The Labute approximate surface area is 268 Å². The van der Waals surface area contributed by atoms with Crippen LogP contribution in [0.3, 0.4) is 0 Å². The molecular formula is C32H44ClN7O3S. The number of nitrogens with two attached hydrogens (primary N) is 1. The van der Waals surface area contributed by atoms with Crippen molar-refractivity contribution >= 4 is 51.6 Å². The molecule has 1 atom stereocenters. The lowest BCUT2D eigenvalue weighted by atomic mass is 9.97. The van der Waals surface area contributed by atoms with Crippen molar-refractivity contribution in [3.8, 4) is 0 Å². The molecular weight excluding hydrogens is 598 g/mol. The molecule has 4 aliphatic rings. The van der Waals surface area contributed by atoms with Crippen LogP contribution in [0.5, 0.6) is 0 Å². The number of hydrogen-bond donors (Lipinski definition) is 3. The molecule has 2 aromatic rings. The zero-order valence-electron chi connectivity index (χ0n) is 25.5. The summed E-state index contributed by atoms with van der Waals surface area (Å²) in [6.45, 7) is 7.24. The Bertz CT molecular complexity index is 1340. The molecule has 0 spiro atoms. The zero-order valence-corrected chi connectivity index (χ0v) is 27.1. The second kappa shape index (κ2) is 13.5. The first-order valence-electron chi connectivity index (χ1n) is 16.0. The van der Waals surface area contributed by atoms with Crippen LogP contribution in [0.2, 0.25) is 5.02 Å². The molecule has 3 fully saturated rings. The minimum Gasteiger partial charge on any atom is -0.397 e. The summed E-state index contributed by atoms with van der Waals surface area (Å²) >= 11 is 7.95. The third kappa shape index (κ3) is 6.79. The molecule has 0 aliphatic carbocycles. The number of halogens is 1. The van der Waals surface area contributed by atoms with Crippen LogP contribution in [0.25, 0.3) is 0 Å². The number of urea groups is 2. The van der Waals surface area contributed by atoms with E-state index in [1.54, 1.807) is 22.3 Å². The van der Waals surface area contributed by atoms with Gasteiger partial charge in [-0.15, -0.1) is 11.3 Å². The number of anilines is 2. The molecule has 6 rings (SSSR count). The molecule has 1 aromatic carbocycles. The summed E-state index contributed by atoms with van der Waals surface area (Å²) in [5.41, 5.74) is 9.47. The van der Waals surface area contributed by atoms with E-state index in [1.807, 2.05) is 28.2 Å². The fraction of sp³-hybridized carbons (Fsp3) is 0.594. The van der Waals surface area contributed by atoms with E-state index in [0.717, 1.165) is 47.6 Å². The van der Waals surface area contributed by atoms with E-state index in [-0.39, 0.29) is 24.0 Å². The zero-order chi connectivity index (χ0) is 30.8. The maximum absolute atomic E-state index is 14.0. The highest BCUT2D eigenvalue weighted by molar-refractivity contribution is 7.14. The highest BCUT2D eigenvalue weighted by Crippen LogP contribution is 2.32. The minimum atomic E-state index is -0.712. The van der Waals surface area contributed by atoms with Crippen molar-refractivity contribution in [2.24, 2.45) is 0 Å². The number of amides is 5. The fourth-order valence-corrected chi connectivity index (χ4v) is 8.33. The molecule has 1 aromatic heterocycles. The maximum Gasteiger partial charge on any atom is 0.323 e. The first kappa shape index (κ1) is 31.0. The highest BCUT2D eigenvalue weighted by atomic mass is 35.5. The van der Waals surface area contributed by atoms with Crippen LogP contribution in [-0.4, -0.2) is 95.0 Å². The lowest BCUT2D eigenvalue weighted by Gasteiger charge is -2.41. The fourth-order valence-electron chi connectivity index (χ4n) is 7.25. The average molecular weight is 642 g/mol. The Morgan fingerprint density at radius 1 is 1.02 bits per heavy atom. The number of nitrogens with one attached hydrogen (secondary N) is 2. The molecule has 0 saturated carbocycles. The van der Waals surface area contributed by atoms with Gasteiger partial charge in [0, 0.05) is 50.2 Å². The summed E-state index contributed by atoms with van der Waals surface area (Å²) in [7, 11) is 0. The second-order valence-corrected chi connectivity index (χ2v) is 14.0. The number of thiophene rings is 1. The van der Waals surface area contributed by atoms with E-state index in [0.29, 0.717) is 68.7 Å². The number of piperidine rings is 3. The molecule has 5 amide bonds. The number of nitrogen functional groups attached to an aromatic ring is 1. The topological polar surface area (TPSA) is 114 Å². The van der Waals surface area contributed by atoms with Crippen LogP contribution in [0, 0.1) is 6.92 Å². The van der Waals surface area contributed by atoms with Gasteiger partial charge in [0.1, 0.15) is 11.0 Å². The third-order valence-electron chi connectivity index (χ3n) is 9.88. The van der Waals surface area contributed by atoms with Gasteiger partial charge in [0.25, 0.3) is 0 Å². The molecule has 4 aliphatic heterocycles. The lowest BCUT2D eigenvalue weighted by molar-refractivity contribution is -0.134. The molecule has 0 radical (unpaired) electrons. The van der Waals surface area contributed by atoms with Crippen LogP contribution in [0.4, 0.5) is 20.3 Å². The first-order chi connectivity index (χ1) is 21.3. The molecule has 0 bridgehead atoms. The predicted octanol–water partition coefficient (Wildman–Crippen LogP) is 4.90. The summed E-state index contributed by atoms with van der Waals surface area (Å²) in [6, 6.07) is 5.36. The van der Waals surface area contributed by atoms with Crippen molar-refractivity contribution in [3.05, 3.63) is 45.3 Å². The molecule has 10 nitrogen and oxygen atoms in total. The van der Waals surface area contributed by atoms with Crippen molar-refractivity contribution < 1.29 is 14.4 Å². The number of nitrogens with zero attached hydrogens (tertiary/aromatic N) is 4. The van der Waals surface area contributed by atoms with Gasteiger partial charge in [-0.3, -0.25) is 10.1 Å². The number of fused-ring (bicyclic) bond motifs is 1. The van der Waals surface area contributed by atoms with E-state index in [2.05, 4.69) is 21.6 Å². The van der Waals surface area contributed by atoms with Gasteiger partial charge in [-0.05, 0) is 87.2 Å². The van der Waals surface area contributed by atoms with Crippen molar-refractivity contribution in [1.82, 2.24) is 24.9 Å². The Hall–Kier alpha value is -3.02. The molecule has 12 heteroatoms. The summed E-state index contributed by atoms with van der Waals surface area (Å²) in [4.78, 5) is 48.5. The summed E-state index contributed by atoms with van der Waals surface area (Å²) < 4.78 is 0. The van der Waals surface area contributed by atoms with E-state index in [9.17, 15) is 14.4 Å². The van der Waals surface area contributed by atoms with Gasteiger partial charge in [0.2, 0.25) is 5.91 Å². The highest BCUT2D eigenvalue weighted by Gasteiger charge is 2.36. The summed E-state index contributed by atoms with van der Waals surface area (Å²) in [6.07, 6.45) is 7.47. The molecule has 4 N–H and O–H groups in total. The molecule has 238 valence electrons. The normalized spacial score (nSPS) is 21.1. The van der Waals surface area contributed by atoms with Crippen molar-refractivity contribution in [2.45, 2.75) is 83.0 Å². The standard InChI is InChI=1S/C32H44ClN7O3S/c1-21-17-22(18-26(33)28(21)34)19-27(30(41)38-12-5-24(6-13-38)37-10-3-2-4-11-37)35-31(42)39-14-7-25(8-15-39)40-20-23-9-16-44-29(23)36-32(40)43/h9,16-18,24-25,27H,2-8,10-15,19-20,34H2,1H3,(H,35,42)(H,36,43)/t27-/m1/s1. The van der Waals surface area contributed by atoms with Gasteiger partial charge in [0.05, 0.1) is 17.3 Å². The van der Waals surface area contributed by atoms with Crippen LogP contribution < -0.4 is 16.4 Å². The monoisotopic (exact) mass is 641 g/mol. The van der Waals surface area contributed by atoms with Gasteiger partial charge in [-0.1, -0.05) is 24.1 Å². The number of benzene rings is 1. The number of rotatable bonds is 6. The Morgan fingerprint density at radius 3 is 2.41 bits per heavy atom. The maximum atomic E-state index is 14.0. The van der Waals surface area contributed by atoms with Crippen LogP contribution >= 0.6 is 22.9 Å². The predicted molar refractivity (Wildman–Crippen MR) is 175 cm³/mol. The van der Waals surface area contributed by atoms with Crippen LogP contribution in [0.1, 0.15) is 61.6 Å². The van der Waals surface area contributed by atoms with Crippen LogP contribution in [-0.2, 0) is 17.8 Å². The van der Waals surface area contributed by atoms with Crippen molar-refractivity contribution in [1.29, 1.82) is 0 Å². The summed E-state index contributed by atoms with van der Waals surface area (Å²) in [5, 5.41) is 9.47. The molecule has 0 unspecified atom stereocenters. The molecule has 5 heterocycles. The first-order valence-corrected chi connectivity index (χ1v) is 17.3. The van der Waals surface area contributed by atoms with E-state index in [1.165, 1.54) is 19.3 Å². The Balaban J connectivity index is 1.09. The quantitative estimate of drug-likeness (QED) is 0.388. The largest absolute Gasteiger partial charge is 0.397 e. The molecule has 44 heavy (non-hydrogen) atoms. The number of carbonyl (C=O) groups excluding carboxylic acids is 3. The van der Waals surface area contributed by atoms with Gasteiger partial charge in [0.15, 0.2) is 0 Å². The van der Waals surface area contributed by atoms with E-state index >= 15 is 0 Å². The van der Waals surface area contributed by atoms with Crippen LogP contribution in [0.15, 0.2) is 23.6 Å². The van der Waals surface area contributed by atoms with Gasteiger partial charge in [-0.25, -0.2) is 9.59 Å². The van der Waals surface area contributed by atoms with Gasteiger partial charge in [-0.2, -0.15) is 0 Å².